The van der Waals surface area contributed by atoms with Crippen LogP contribution >= 0.6 is 11.8 Å². The lowest BCUT2D eigenvalue weighted by Crippen LogP contribution is -2.48. The molecular formula is C10H16N2O5S. The fourth-order valence-corrected chi connectivity index (χ4v) is 2.14. The minimum absolute atomic E-state index is 0.0723. The first-order valence-corrected chi connectivity index (χ1v) is 6.65. The van der Waals surface area contributed by atoms with Gasteiger partial charge in [-0.1, -0.05) is 0 Å². The van der Waals surface area contributed by atoms with Gasteiger partial charge < -0.3 is 20.8 Å². The lowest BCUT2D eigenvalue weighted by Gasteiger charge is -2.16. The second kappa shape index (κ2) is 5.94. The number of amides is 2. The molecule has 0 saturated heterocycles. The largest absolute Gasteiger partial charge is 0.481 e. The maximum absolute atomic E-state index is 11.4. The topological polar surface area (TPSA) is 116 Å². The van der Waals surface area contributed by atoms with E-state index in [0.29, 0.717) is 6.54 Å². The first-order valence-electron chi connectivity index (χ1n) is 5.43. The molecule has 8 heteroatoms. The number of carboxylic acid groups (broad SMARTS) is 2. The maximum Gasteiger partial charge on any atom is 0.326 e. The van der Waals surface area contributed by atoms with Gasteiger partial charge in [0, 0.05) is 11.3 Å². The Morgan fingerprint density at radius 2 is 1.94 bits per heavy atom. The smallest absolute Gasteiger partial charge is 0.326 e. The first kappa shape index (κ1) is 14.6. The monoisotopic (exact) mass is 276 g/mol. The van der Waals surface area contributed by atoms with Crippen LogP contribution in [0.25, 0.3) is 0 Å². The van der Waals surface area contributed by atoms with Gasteiger partial charge >= 0.3 is 18.0 Å². The Balaban J connectivity index is 2.36. The van der Waals surface area contributed by atoms with E-state index in [-0.39, 0.29) is 4.75 Å². The number of hydrogen-bond donors (Lipinski definition) is 4. The Labute approximate surface area is 108 Å². The van der Waals surface area contributed by atoms with E-state index in [4.69, 9.17) is 10.2 Å². The van der Waals surface area contributed by atoms with E-state index in [1.54, 1.807) is 11.8 Å². The van der Waals surface area contributed by atoms with Crippen molar-refractivity contribution in [3.63, 3.8) is 0 Å². The molecule has 0 spiro atoms. The Morgan fingerprint density at radius 1 is 1.33 bits per heavy atom. The Hall–Kier alpha value is -1.44. The molecule has 0 aliphatic heterocycles. The molecule has 1 aliphatic rings. The minimum atomic E-state index is -1.41. The highest BCUT2D eigenvalue weighted by molar-refractivity contribution is 8.00. The molecule has 1 fully saturated rings. The SMILES string of the molecule is CSC1(CNC(=O)N[C@H](CC(=O)O)C(=O)O)CC1. The summed E-state index contributed by atoms with van der Waals surface area (Å²) in [6.45, 7) is 0.458. The van der Waals surface area contributed by atoms with Gasteiger partial charge in [-0.05, 0) is 19.1 Å². The van der Waals surface area contributed by atoms with Gasteiger partial charge in [-0.15, -0.1) is 0 Å². The average molecular weight is 276 g/mol. The molecule has 0 aromatic heterocycles. The molecule has 2 amide bonds. The zero-order valence-electron chi connectivity index (χ0n) is 9.93. The van der Waals surface area contributed by atoms with Crippen molar-refractivity contribution in [3.8, 4) is 0 Å². The molecule has 102 valence electrons. The summed E-state index contributed by atoms with van der Waals surface area (Å²) in [6.07, 6.45) is 3.35. The van der Waals surface area contributed by atoms with Crippen LogP contribution in [0.3, 0.4) is 0 Å². The standard InChI is InChI=1S/C10H16N2O5S/c1-18-10(2-3-10)5-11-9(17)12-6(8(15)16)4-7(13)14/h6H,2-5H2,1H3,(H,13,14)(H,15,16)(H2,11,12,17)/t6-/m1/s1. The van der Waals surface area contributed by atoms with Gasteiger partial charge in [0.2, 0.25) is 0 Å². The number of carboxylic acids is 2. The Bertz CT molecular complexity index is 356. The van der Waals surface area contributed by atoms with E-state index in [9.17, 15) is 14.4 Å². The van der Waals surface area contributed by atoms with Crippen molar-refractivity contribution in [3.05, 3.63) is 0 Å². The predicted octanol–water partition coefficient (Wildman–Crippen LogP) is 0.109. The van der Waals surface area contributed by atoms with Crippen LogP contribution in [0.2, 0.25) is 0 Å². The third kappa shape index (κ3) is 4.44. The van der Waals surface area contributed by atoms with Gasteiger partial charge in [0.15, 0.2) is 0 Å². The van der Waals surface area contributed by atoms with E-state index >= 15 is 0 Å². The molecule has 0 aromatic carbocycles. The Morgan fingerprint density at radius 3 is 2.33 bits per heavy atom. The van der Waals surface area contributed by atoms with Crippen LogP contribution in [0, 0.1) is 0 Å². The minimum Gasteiger partial charge on any atom is -0.481 e. The van der Waals surface area contributed by atoms with Crippen LogP contribution in [0.4, 0.5) is 4.79 Å². The van der Waals surface area contributed by atoms with Crippen LogP contribution < -0.4 is 10.6 Å². The summed E-state index contributed by atoms with van der Waals surface area (Å²) in [5.41, 5.74) is 0. The van der Waals surface area contributed by atoms with Crippen LogP contribution in [-0.4, -0.2) is 51.8 Å². The highest BCUT2D eigenvalue weighted by Crippen LogP contribution is 2.46. The summed E-state index contributed by atoms with van der Waals surface area (Å²) in [7, 11) is 0. The second-order valence-corrected chi connectivity index (χ2v) is 5.48. The maximum atomic E-state index is 11.4. The molecule has 0 heterocycles. The van der Waals surface area contributed by atoms with E-state index in [1.807, 2.05) is 6.26 Å². The molecule has 0 bridgehead atoms. The molecule has 0 aromatic rings. The quantitative estimate of drug-likeness (QED) is 0.524. The van der Waals surface area contributed by atoms with Crippen molar-refractivity contribution in [1.82, 2.24) is 10.6 Å². The lowest BCUT2D eigenvalue weighted by molar-refractivity contribution is -0.145. The average Bonchev–Trinajstić information content (AvgIpc) is 3.05. The second-order valence-electron chi connectivity index (χ2n) is 4.20. The number of urea groups is 1. The summed E-state index contributed by atoms with van der Waals surface area (Å²) in [5.74, 6) is -2.64. The lowest BCUT2D eigenvalue weighted by atomic mass is 10.2. The summed E-state index contributed by atoms with van der Waals surface area (Å²) in [5, 5.41) is 22.0. The highest BCUT2D eigenvalue weighted by Gasteiger charge is 2.42. The van der Waals surface area contributed by atoms with Crippen molar-refractivity contribution in [2.24, 2.45) is 0 Å². The zero-order chi connectivity index (χ0) is 13.8. The number of rotatable bonds is 7. The number of nitrogens with one attached hydrogen (secondary N) is 2. The van der Waals surface area contributed by atoms with Gasteiger partial charge in [0.05, 0.1) is 6.42 Å². The molecule has 7 nitrogen and oxygen atoms in total. The number of hydrogen-bond acceptors (Lipinski definition) is 4. The number of thioether (sulfide) groups is 1. The molecule has 1 aliphatic carbocycles. The molecule has 1 saturated carbocycles. The third-order valence-corrected chi connectivity index (χ3v) is 4.21. The van der Waals surface area contributed by atoms with E-state index in [2.05, 4.69) is 10.6 Å². The van der Waals surface area contributed by atoms with Crippen LogP contribution in [0.15, 0.2) is 0 Å². The van der Waals surface area contributed by atoms with Gasteiger partial charge in [0.25, 0.3) is 0 Å². The fourth-order valence-electron chi connectivity index (χ4n) is 1.42. The van der Waals surface area contributed by atoms with Crippen LogP contribution in [0.1, 0.15) is 19.3 Å². The Kier molecular flexibility index (Phi) is 4.83. The molecule has 18 heavy (non-hydrogen) atoms. The van der Waals surface area contributed by atoms with Crippen molar-refractivity contribution >= 4 is 29.7 Å². The normalized spacial score (nSPS) is 17.6. The molecular weight excluding hydrogens is 260 g/mol. The number of carbonyl (C=O) groups excluding carboxylic acids is 1. The molecule has 1 atom stereocenters. The highest BCUT2D eigenvalue weighted by atomic mass is 32.2. The van der Waals surface area contributed by atoms with Crippen LogP contribution in [-0.2, 0) is 9.59 Å². The van der Waals surface area contributed by atoms with E-state index in [1.165, 1.54) is 0 Å². The van der Waals surface area contributed by atoms with E-state index in [0.717, 1.165) is 12.8 Å². The first-order chi connectivity index (χ1) is 8.38. The fraction of sp³-hybridized carbons (Fsp3) is 0.700. The van der Waals surface area contributed by atoms with Crippen molar-refractivity contribution in [1.29, 1.82) is 0 Å². The zero-order valence-corrected chi connectivity index (χ0v) is 10.7. The van der Waals surface area contributed by atoms with Crippen molar-refractivity contribution in [2.45, 2.75) is 30.1 Å². The number of aliphatic carboxylic acids is 2. The molecule has 1 rings (SSSR count). The third-order valence-electron chi connectivity index (χ3n) is 2.79. The summed E-state index contributed by atoms with van der Waals surface area (Å²) >= 11 is 1.66. The molecule has 4 N–H and O–H groups in total. The van der Waals surface area contributed by atoms with E-state index < -0.39 is 30.4 Å². The van der Waals surface area contributed by atoms with Gasteiger partial charge in [-0.2, -0.15) is 11.8 Å². The summed E-state index contributed by atoms with van der Waals surface area (Å²) < 4.78 is 0.0723. The number of carbonyl (C=O) groups is 3. The van der Waals surface area contributed by atoms with Crippen molar-refractivity contribution < 1.29 is 24.6 Å². The van der Waals surface area contributed by atoms with Crippen LogP contribution in [0.5, 0.6) is 0 Å². The molecule has 0 radical (unpaired) electrons. The summed E-state index contributed by atoms with van der Waals surface area (Å²) in [6, 6.07) is -2.06. The molecule has 0 unspecified atom stereocenters. The van der Waals surface area contributed by atoms with Crippen molar-refractivity contribution in [2.75, 3.05) is 12.8 Å². The van der Waals surface area contributed by atoms with Gasteiger partial charge in [0.1, 0.15) is 6.04 Å². The van der Waals surface area contributed by atoms with Gasteiger partial charge in [-0.25, -0.2) is 9.59 Å². The summed E-state index contributed by atoms with van der Waals surface area (Å²) in [4.78, 5) is 32.6. The van der Waals surface area contributed by atoms with Gasteiger partial charge in [-0.3, -0.25) is 4.79 Å². The predicted molar refractivity (Wildman–Crippen MR) is 65.7 cm³/mol.